The smallest absolute Gasteiger partial charge is 0.259 e. The van der Waals surface area contributed by atoms with Gasteiger partial charge in [0, 0.05) is 12.7 Å². The van der Waals surface area contributed by atoms with Crippen molar-refractivity contribution in [2.75, 3.05) is 12.4 Å². The van der Waals surface area contributed by atoms with Crippen molar-refractivity contribution in [2.45, 2.75) is 0 Å². The molecular weight excluding hydrogens is 294 g/mol. The molecule has 0 aliphatic rings. The van der Waals surface area contributed by atoms with Crippen LogP contribution in [0.1, 0.15) is 20.7 Å². The third-order valence-electron chi connectivity index (χ3n) is 2.90. The van der Waals surface area contributed by atoms with Crippen LogP contribution in [-0.4, -0.2) is 24.0 Å². The molecule has 0 bridgehead atoms. The van der Waals surface area contributed by atoms with Gasteiger partial charge in [-0.2, -0.15) is 0 Å². The highest BCUT2D eigenvalue weighted by atomic mass is 19.1. The van der Waals surface area contributed by atoms with Crippen LogP contribution < -0.4 is 10.6 Å². The molecule has 0 radical (unpaired) electrons. The minimum absolute atomic E-state index is 0.133. The van der Waals surface area contributed by atoms with Crippen LogP contribution in [0.25, 0.3) is 0 Å². The minimum atomic E-state index is -0.786. The van der Waals surface area contributed by atoms with Crippen molar-refractivity contribution in [2.24, 2.45) is 0 Å². The molecule has 0 aliphatic carbocycles. The van der Waals surface area contributed by atoms with Gasteiger partial charge in [0.2, 0.25) is 0 Å². The van der Waals surface area contributed by atoms with Gasteiger partial charge >= 0.3 is 0 Å². The first-order chi connectivity index (χ1) is 10.4. The molecule has 2 amide bonds. The van der Waals surface area contributed by atoms with Crippen molar-refractivity contribution < 1.29 is 23.5 Å². The highest BCUT2D eigenvalue weighted by Crippen LogP contribution is 2.21. The molecule has 0 aliphatic heterocycles. The SMILES string of the molecule is CNC(=O)c1cc(NC(=O)c2cc(F)ccc2O)ccc1F. The maximum atomic E-state index is 13.5. The Morgan fingerprint density at radius 1 is 1.00 bits per heavy atom. The molecule has 0 saturated heterocycles. The van der Waals surface area contributed by atoms with Crippen LogP contribution in [0.5, 0.6) is 5.75 Å². The van der Waals surface area contributed by atoms with E-state index >= 15 is 0 Å². The number of aromatic hydroxyl groups is 1. The van der Waals surface area contributed by atoms with E-state index in [0.717, 1.165) is 30.3 Å². The van der Waals surface area contributed by atoms with Crippen molar-refractivity contribution in [3.63, 3.8) is 0 Å². The van der Waals surface area contributed by atoms with E-state index in [4.69, 9.17) is 0 Å². The number of amides is 2. The predicted octanol–water partition coefficient (Wildman–Crippen LogP) is 2.28. The molecule has 0 aromatic heterocycles. The Balaban J connectivity index is 2.29. The highest BCUT2D eigenvalue weighted by molar-refractivity contribution is 6.06. The van der Waals surface area contributed by atoms with Crippen LogP contribution in [0.3, 0.4) is 0 Å². The van der Waals surface area contributed by atoms with Gasteiger partial charge in [0.05, 0.1) is 11.1 Å². The fraction of sp³-hybridized carbons (Fsp3) is 0.0667. The Morgan fingerprint density at radius 3 is 2.41 bits per heavy atom. The molecule has 0 atom stereocenters. The number of hydrogen-bond acceptors (Lipinski definition) is 3. The summed E-state index contributed by atoms with van der Waals surface area (Å²) < 4.78 is 26.6. The number of anilines is 1. The predicted molar refractivity (Wildman–Crippen MR) is 75.8 cm³/mol. The van der Waals surface area contributed by atoms with E-state index in [1.165, 1.54) is 13.1 Å². The summed E-state index contributed by atoms with van der Waals surface area (Å²) in [6.07, 6.45) is 0. The van der Waals surface area contributed by atoms with Gasteiger partial charge in [0.25, 0.3) is 11.8 Å². The fourth-order valence-corrected chi connectivity index (χ4v) is 1.80. The molecule has 0 unspecified atom stereocenters. The molecule has 2 aromatic carbocycles. The summed E-state index contributed by atoms with van der Waals surface area (Å²) in [5.41, 5.74) is -0.386. The molecule has 0 spiro atoms. The normalized spacial score (nSPS) is 10.1. The van der Waals surface area contributed by atoms with Crippen LogP contribution in [0.15, 0.2) is 36.4 Å². The lowest BCUT2D eigenvalue weighted by molar-refractivity contribution is 0.0957. The maximum absolute atomic E-state index is 13.5. The van der Waals surface area contributed by atoms with Crippen LogP contribution in [0.2, 0.25) is 0 Å². The molecular formula is C15H12F2N2O3. The Hall–Kier alpha value is -2.96. The van der Waals surface area contributed by atoms with Crippen molar-refractivity contribution in [3.8, 4) is 5.75 Å². The second-order valence-electron chi connectivity index (χ2n) is 4.39. The molecule has 2 aromatic rings. The molecule has 114 valence electrons. The van der Waals surface area contributed by atoms with Gasteiger partial charge in [-0.1, -0.05) is 0 Å². The van der Waals surface area contributed by atoms with E-state index in [2.05, 4.69) is 10.6 Å². The molecule has 7 heteroatoms. The van der Waals surface area contributed by atoms with Gasteiger partial charge in [0.15, 0.2) is 0 Å². The first-order valence-corrected chi connectivity index (χ1v) is 6.24. The summed E-state index contributed by atoms with van der Waals surface area (Å²) in [6.45, 7) is 0. The quantitative estimate of drug-likeness (QED) is 0.814. The van der Waals surface area contributed by atoms with Crippen LogP contribution >= 0.6 is 0 Å². The van der Waals surface area contributed by atoms with Crippen LogP contribution in [0.4, 0.5) is 14.5 Å². The summed E-state index contributed by atoms with van der Waals surface area (Å²) in [5, 5.41) is 14.2. The van der Waals surface area contributed by atoms with Crippen molar-refractivity contribution in [3.05, 3.63) is 59.2 Å². The lowest BCUT2D eigenvalue weighted by Gasteiger charge is -2.09. The number of hydrogen-bond donors (Lipinski definition) is 3. The molecule has 0 heterocycles. The number of rotatable bonds is 3. The summed E-state index contributed by atoms with van der Waals surface area (Å²) in [7, 11) is 1.35. The van der Waals surface area contributed by atoms with Gasteiger partial charge in [-0.05, 0) is 36.4 Å². The topological polar surface area (TPSA) is 78.4 Å². The number of halogens is 2. The maximum Gasteiger partial charge on any atom is 0.259 e. The zero-order valence-electron chi connectivity index (χ0n) is 11.5. The number of phenols is 1. The number of benzene rings is 2. The zero-order chi connectivity index (χ0) is 16.3. The van der Waals surface area contributed by atoms with E-state index in [1.807, 2.05) is 0 Å². The number of nitrogens with one attached hydrogen (secondary N) is 2. The van der Waals surface area contributed by atoms with Crippen molar-refractivity contribution in [1.82, 2.24) is 5.32 Å². The van der Waals surface area contributed by atoms with E-state index in [-0.39, 0.29) is 16.8 Å². The molecule has 3 N–H and O–H groups in total. The molecule has 22 heavy (non-hydrogen) atoms. The molecule has 0 saturated carbocycles. The summed E-state index contributed by atoms with van der Waals surface area (Å²) >= 11 is 0. The largest absolute Gasteiger partial charge is 0.507 e. The first-order valence-electron chi connectivity index (χ1n) is 6.24. The fourth-order valence-electron chi connectivity index (χ4n) is 1.80. The second kappa shape index (κ2) is 6.21. The van der Waals surface area contributed by atoms with Gasteiger partial charge in [-0.3, -0.25) is 9.59 Å². The lowest BCUT2D eigenvalue weighted by atomic mass is 10.1. The monoisotopic (exact) mass is 306 g/mol. The van der Waals surface area contributed by atoms with Gasteiger partial charge in [-0.15, -0.1) is 0 Å². The van der Waals surface area contributed by atoms with Gasteiger partial charge in [-0.25, -0.2) is 8.78 Å². The van der Waals surface area contributed by atoms with Crippen molar-refractivity contribution in [1.29, 1.82) is 0 Å². The molecule has 2 rings (SSSR count). The summed E-state index contributed by atoms with van der Waals surface area (Å²) in [4.78, 5) is 23.5. The zero-order valence-corrected chi connectivity index (χ0v) is 11.5. The average molecular weight is 306 g/mol. The Kier molecular flexibility index (Phi) is 4.36. The second-order valence-corrected chi connectivity index (χ2v) is 4.39. The van der Waals surface area contributed by atoms with Crippen molar-refractivity contribution >= 4 is 17.5 Å². The van der Waals surface area contributed by atoms with E-state index in [1.54, 1.807) is 0 Å². The number of phenolic OH excluding ortho intramolecular Hbond substituents is 1. The van der Waals surface area contributed by atoms with E-state index < -0.39 is 29.2 Å². The van der Waals surface area contributed by atoms with E-state index in [0.29, 0.717) is 0 Å². The van der Waals surface area contributed by atoms with Gasteiger partial charge in [0.1, 0.15) is 17.4 Å². The van der Waals surface area contributed by atoms with Crippen LogP contribution in [-0.2, 0) is 0 Å². The summed E-state index contributed by atoms with van der Waals surface area (Å²) in [6, 6.07) is 6.33. The lowest BCUT2D eigenvalue weighted by Crippen LogP contribution is -2.20. The standard InChI is InChI=1S/C15H12F2N2O3/c1-18-14(21)10-7-9(3-4-12(10)17)19-15(22)11-6-8(16)2-5-13(11)20/h2-7,20H,1H3,(H,18,21)(H,19,22). The third-order valence-corrected chi connectivity index (χ3v) is 2.90. The third kappa shape index (κ3) is 3.20. The highest BCUT2D eigenvalue weighted by Gasteiger charge is 2.15. The molecule has 0 fully saturated rings. The Morgan fingerprint density at radius 2 is 1.73 bits per heavy atom. The van der Waals surface area contributed by atoms with Crippen LogP contribution in [0, 0.1) is 11.6 Å². The van der Waals surface area contributed by atoms with Gasteiger partial charge < -0.3 is 15.7 Å². The Labute approximate surface area is 124 Å². The Bertz CT molecular complexity index is 748. The van der Waals surface area contributed by atoms with E-state index in [9.17, 15) is 23.5 Å². The first kappa shape index (κ1) is 15.4. The summed E-state index contributed by atoms with van der Waals surface area (Å²) in [5.74, 6) is -3.26. The molecule has 5 nitrogen and oxygen atoms in total. The number of carbonyl (C=O) groups excluding carboxylic acids is 2. The average Bonchev–Trinajstić information content (AvgIpc) is 2.50. The number of carbonyl (C=O) groups is 2. The minimum Gasteiger partial charge on any atom is -0.507 e.